The molecule has 74 valence electrons. The van der Waals surface area contributed by atoms with E-state index in [1.54, 1.807) is 6.92 Å². The number of esters is 1. The highest BCUT2D eigenvalue weighted by Crippen LogP contribution is 2.01. The Bertz CT molecular complexity index is 237. The van der Waals surface area contributed by atoms with Crippen molar-refractivity contribution in [2.45, 2.75) is 18.7 Å². The minimum absolute atomic E-state index is 0.127. The molecule has 0 saturated carbocycles. The lowest BCUT2D eigenvalue weighted by molar-refractivity contribution is -0.135. The quantitative estimate of drug-likeness (QED) is 0.200. The number of hydrogen-bond donors (Lipinski definition) is 1. The van der Waals surface area contributed by atoms with E-state index in [2.05, 4.69) is 25.8 Å². The van der Waals surface area contributed by atoms with Crippen molar-refractivity contribution in [3.8, 4) is 0 Å². The number of Topliss-reactive ketones (excluding diaryl/α,β-unsaturated/α-hetero) is 1. The number of ether oxygens (including phenoxy) is 1. The second-order valence-corrected chi connectivity index (χ2v) is 3.52. The fourth-order valence-electron chi connectivity index (χ4n) is 0.579. The molecule has 0 amide bonds. The van der Waals surface area contributed by atoms with Crippen molar-refractivity contribution in [2.24, 2.45) is 5.16 Å². The zero-order valence-corrected chi connectivity index (χ0v) is 8.87. The van der Waals surface area contributed by atoms with Crippen molar-refractivity contribution < 1.29 is 19.5 Å². The average Bonchev–Trinajstić information content (AvgIpc) is 2.05. The molecule has 6 heteroatoms. The lowest BCUT2D eigenvalue weighted by atomic mass is 10.2. The molecule has 0 bridgehead atoms. The Hall–Kier alpha value is -0.910. The monoisotopic (exact) mass is 251 g/mol. The van der Waals surface area contributed by atoms with Gasteiger partial charge in [0.1, 0.15) is 0 Å². The van der Waals surface area contributed by atoms with Crippen molar-refractivity contribution in [3.05, 3.63) is 0 Å². The fourth-order valence-corrected chi connectivity index (χ4v) is 0.795. The first-order valence-corrected chi connectivity index (χ1v) is 4.53. The van der Waals surface area contributed by atoms with Crippen LogP contribution in [0.4, 0.5) is 0 Å². The van der Waals surface area contributed by atoms with Gasteiger partial charge in [-0.3, -0.25) is 4.79 Å². The summed E-state index contributed by atoms with van der Waals surface area (Å²) >= 11 is 2.95. The van der Waals surface area contributed by atoms with Gasteiger partial charge in [-0.25, -0.2) is 4.79 Å². The fraction of sp³-hybridized carbons (Fsp3) is 0.571. The van der Waals surface area contributed by atoms with Crippen molar-refractivity contribution in [1.29, 1.82) is 0 Å². The molecule has 0 aromatic carbocycles. The Kier molecular flexibility index (Phi) is 5.29. The van der Waals surface area contributed by atoms with Crippen LogP contribution in [0, 0.1) is 0 Å². The highest BCUT2D eigenvalue weighted by Gasteiger charge is 2.25. The summed E-state index contributed by atoms with van der Waals surface area (Å²) in [6.45, 7) is 3.24. The van der Waals surface area contributed by atoms with E-state index in [0.717, 1.165) is 0 Å². The first kappa shape index (κ1) is 12.1. The molecule has 1 atom stereocenters. The number of hydrogen-bond acceptors (Lipinski definition) is 5. The molecule has 0 aromatic heterocycles. The molecular weight excluding hydrogens is 242 g/mol. The second kappa shape index (κ2) is 5.69. The molecule has 0 aliphatic heterocycles. The first-order valence-electron chi connectivity index (χ1n) is 3.62. The van der Waals surface area contributed by atoms with Gasteiger partial charge in [0.25, 0.3) is 0 Å². The molecule has 5 nitrogen and oxygen atoms in total. The van der Waals surface area contributed by atoms with Crippen LogP contribution in [-0.4, -0.2) is 34.1 Å². The Morgan fingerprint density at radius 3 is 2.46 bits per heavy atom. The Morgan fingerprint density at radius 1 is 1.62 bits per heavy atom. The second-order valence-electron chi connectivity index (χ2n) is 2.15. The molecule has 0 radical (unpaired) electrons. The van der Waals surface area contributed by atoms with E-state index < -0.39 is 22.3 Å². The smallest absolute Gasteiger partial charge is 0.364 e. The Balaban J connectivity index is 4.54. The molecule has 13 heavy (non-hydrogen) atoms. The summed E-state index contributed by atoms with van der Waals surface area (Å²) in [6, 6.07) is 0. The maximum absolute atomic E-state index is 11.2. The SMILES string of the molecule is CCOC(=O)C(=NO)C(=O)C(C)Br. The van der Waals surface area contributed by atoms with Crippen LogP contribution in [0.2, 0.25) is 0 Å². The van der Waals surface area contributed by atoms with Crippen LogP contribution in [0.25, 0.3) is 0 Å². The number of carbonyl (C=O) groups is 2. The third-order valence-corrected chi connectivity index (χ3v) is 1.58. The minimum Gasteiger partial charge on any atom is -0.461 e. The number of ketones is 1. The van der Waals surface area contributed by atoms with Gasteiger partial charge in [-0.05, 0) is 13.8 Å². The number of nitrogens with zero attached hydrogens (tertiary/aromatic N) is 1. The van der Waals surface area contributed by atoms with Crippen molar-refractivity contribution in [3.63, 3.8) is 0 Å². The van der Waals surface area contributed by atoms with Crippen LogP contribution in [0.5, 0.6) is 0 Å². The molecule has 0 fully saturated rings. The van der Waals surface area contributed by atoms with Gasteiger partial charge < -0.3 is 9.94 Å². The maximum atomic E-state index is 11.2. The summed E-state index contributed by atoms with van der Waals surface area (Å²) in [5.41, 5.74) is -0.591. The van der Waals surface area contributed by atoms with Crippen LogP contribution >= 0.6 is 15.9 Å². The van der Waals surface area contributed by atoms with Gasteiger partial charge in [-0.15, -0.1) is 0 Å². The van der Waals surface area contributed by atoms with E-state index in [1.165, 1.54) is 6.92 Å². The number of oxime groups is 1. The number of rotatable bonds is 4. The summed E-state index contributed by atoms with van der Waals surface area (Å²) in [6.07, 6.45) is 0. The molecular formula is C7H10BrNO4. The van der Waals surface area contributed by atoms with E-state index in [4.69, 9.17) is 5.21 Å². The zero-order chi connectivity index (χ0) is 10.4. The van der Waals surface area contributed by atoms with Gasteiger partial charge in [-0.2, -0.15) is 0 Å². The van der Waals surface area contributed by atoms with Gasteiger partial charge in [0, 0.05) is 0 Å². The van der Waals surface area contributed by atoms with Crippen molar-refractivity contribution in [1.82, 2.24) is 0 Å². The molecule has 0 saturated heterocycles. The number of carbonyl (C=O) groups excluding carboxylic acids is 2. The summed E-state index contributed by atoms with van der Waals surface area (Å²) < 4.78 is 4.49. The summed E-state index contributed by atoms with van der Waals surface area (Å²) in [5.74, 6) is -1.53. The molecule has 0 aliphatic carbocycles. The highest BCUT2D eigenvalue weighted by atomic mass is 79.9. The van der Waals surface area contributed by atoms with E-state index in [0.29, 0.717) is 0 Å². The summed E-state index contributed by atoms with van der Waals surface area (Å²) in [5, 5.41) is 11.0. The normalized spacial score (nSPS) is 13.6. The minimum atomic E-state index is -0.915. The Morgan fingerprint density at radius 2 is 2.15 bits per heavy atom. The van der Waals surface area contributed by atoms with Crippen LogP contribution in [0.15, 0.2) is 5.16 Å². The van der Waals surface area contributed by atoms with Crippen LogP contribution in [0.1, 0.15) is 13.8 Å². The topological polar surface area (TPSA) is 76.0 Å². The third kappa shape index (κ3) is 3.54. The van der Waals surface area contributed by atoms with Crippen LogP contribution in [0.3, 0.4) is 0 Å². The third-order valence-electron chi connectivity index (χ3n) is 1.16. The van der Waals surface area contributed by atoms with Gasteiger partial charge in [0.05, 0.1) is 11.4 Å². The van der Waals surface area contributed by atoms with Gasteiger partial charge in [0.2, 0.25) is 11.5 Å². The standard InChI is InChI=1S/C7H10BrNO4/c1-3-13-7(11)5(9-12)6(10)4(2)8/h4,12H,3H2,1-2H3. The van der Waals surface area contributed by atoms with Gasteiger partial charge >= 0.3 is 5.97 Å². The van der Waals surface area contributed by atoms with Gasteiger partial charge in [0.15, 0.2) is 0 Å². The van der Waals surface area contributed by atoms with E-state index in [-0.39, 0.29) is 6.61 Å². The Labute approximate surface area is 83.9 Å². The number of halogens is 1. The van der Waals surface area contributed by atoms with E-state index in [1.807, 2.05) is 0 Å². The average molecular weight is 252 g/mol. The predicted molar refractivity (Wildman–Crippen MR) is 49.3 cm³/mol. The first-order chi connectivity index (χ1) is 6.04. The lowest BCUT2D eigenvalue weighted by Gasteiger charge is -2.03. The summed E-state index contributed by atoms with van der Waals surface area (Å²) in [7, 11) is 0. The molecule has 1 unspecified atom stereocenters. The van der Waals surface area contributed by atoms with Gasteiger partial charge in [-0.1, -0.05) is 21.1 Å². The zero-order valence-electron chi connectivity index (χ0n) is 7.28. The maximum Gasteiger partial charge on any atom is 0.364 e. The van der Waals surface area contributed by atoms with Crippen molar-refractivity contribution in [2.75, 3.05) is 6.61 Å². The molecule has 0 aliphatic rings. The molecule has 0 spiro atoms. The summed E-state index contributed by atoms with van der Waals surface area (Å²) in [4.78, 5) is 21.5. The number of alkyl halides is 1. The van der Waals surface area contributed by atoms with Crippen LogP contribution < -0.4 is 0 Å². The molecule has 0 heterocycles. The van der Waals surface area contributed by atoms with E-state index >= 15 is 0 Å². The molecule has 1 N–H and O–H groups in total. The van der Waals surface area contributed by atoms with E-state index in [9.17, 15) is 9.59 Å². The molecule has 0 rings (SSSR count). The predicted octanol–water partition coefficient (Wildman–Crippen LogP) is 0.732. The van der Waals surface area contributed by atoms with Crippen LogP contribution in [-0.2, 0) is 14.3 Å². The highest BCUT2D eigenvalue weighted by molar-refractivity contribution is 9.10. The largest absolute Gasteiger partial charge is 0.461 e. The lowest BCUT2D eigenvalue weighted by Crippen LogP contribution is -2.30. The van der Waals surface area contributed by atoms with Crippen molar-refractivity contribution >= 4 is 33.4 Å². The molecule has 0 aromatic rings.